The molecule has 1 heterocycles. The lowest BCUT2D eigenvalue weighted by atomic mass is 10.1. The number of benzene rings is 2. The predicted octanol–water partition coefficient (Wildman–Crippen LogP) is 3.47. The summed E-state index contributed by atoms with van der Waals surface area (Å²) in [6.07, 6.45) is 4.15. The zero-order valence-corrected chi connectivity index (χ0v) is 14.9. The van der Waals surface area contributed by atoms with Crippen LogP contribution in [0.3, 0.4) is 0 Å². The van der Waals surface area contributed by atoms with Crippen molar-refractivity contribution in [3.05, 3.63) is 87.0 Å². The third kappa shape index (κ3) is 3.97. The number of carbonyl (C=O) groups is 3. The molecule has 1 aliphatic rings. The van der Waals surface area contributed by atoms with Crippen molar-refractivity contribution in [2.24, 2.45) is 0 Å². The maximum absolute atomic E-state index is 12.6. The molecule has 0 aromatic heterocycles. The van der Waals surface area contributed by atoms with Crippen molar-refractivity contribution in [3.8, 4) is 0 Å². The van der Waals surface area contributed by atoms with Crippen molar-refractivity contribution in [2.45, 2.75) is 0 Å². The fourth-order valence-corrected chi connectivity index (χ4v) is 2.63. The summed E-state index contributed by atoms with van der Waals surface area (Å²) in [5, 5.41) is 13.3. The lowest BCUT2D eigenvalue weighted by Gasteiger charge is -2.26. The van der Waals surface area contributed by atoms with Gasteiger partial charge in [0.1, 0.15) is 5.57 Å². The third-order valence-corrected chi connectivity index (χ3v) is 4.07. The van der Waals surface area contributed by atoms with Gasteiger partial charge in [0.25, 0.3) is 17.5 Å². The van der Waals surface area contributed by atoms with Crippen LogP contribution in [0.5, 0.6) is 0 Å². The maximum Gasteiger partial charge on any atom is 0.335 e. The van der Waals surface area contributed by atoms with Crippen molar-refractivity contribution < 1.29 is 19.3 Å². The van der Waals surface area contributed by atoms with E-state index in [4.69, 9.17) is 11.6 Å². The van der Waals surface area contributed by atoms with Gasteiger partial charge in [-0.3, -0.25) is 25.0 Å². The van der Waals surface area contributed by atoms with E-state index in [0.717, 1.165) is 4.90 Å². The Balaban J connectivity index is 1.87. The minimum Gasteiger partial charge on any atom is -0.273 e. The topological polar surface area (TPSA) is 110 Å². The van der Waals surface area contributed by atoms with Gasteiger partial charge in [0.15, 0.2) is 0 Å². The lowest BCUT2D eigenvalue weighted by molar-refractivity contribution is -0.384. The number of allylic oxidation sites excluding steroid dienone is 2. The van der Waals surface area contributed by atoms with Crippen LogP contribution in [0.15, 0.2) is 66.3 Å². The van der Waals surface area contributed by atoms with E-state index in [-0.39, 0.29) is 16.9 Å². The molecular formula is C19H12ClN3O5. The number of imide groups is 2. The molecule has 28 heavy (non-hydrogen) atoms. The number of urea groups is 1. The average molecular weight is 398 g/mol. The van der Waals surface area contributed by atoms with Crippen molar-refractivity contribution >= 4 is 46.9 Å². The fourth-order valence-electron chi connectivity index (χ4n) is 2.50. The van der Waals surface area contributed by atoms with Gasteiger partial charge in [0.2, 0.25) is 0 Å². The third-order valence-electron chi connectivity index (χ3n) is 3.82. The number of carbonyl (C=O) groups excluding carboxylic acids is 3. The van der Waals surface area contributed by atoms with Gasteiger partial charge in [0, 0.05) is 17.2 Å². The monoisotopic (exact) mass is 397 g/mol. The summed E-state index contributed by atoms with van der Waals surface area (Å²) in [6, 6.07) is 11.0. The molecule has 1 N–H and O–H groups in total. The Morgan fingerprint density at radius 3 is 2.46 bits per heavy atom. The van der Waals surface area contributed by atoms with E-state index in [0.29, 0.717) is 10.6 Å². The molecule has 8 nitrogen and oxygen atoms in total. The van der Waals surface area contributed by atoms with E-state index < -0.39 is 22.8 Å². The van der Waals surface area contributed by atoms with Gasteiger partial charge in [-0.1, -0.05) is 35.9 Å². The molecule has 0 saturated carbocycles. The Bertz CT molecular complexity index is 1040. The second-order valence-electron chi connectivity index (χ2n) is 5.67. The van der Waals surface area contributed by atoms with E-state index in [9.17, 15) is 24.5 Å². The van der Waals surface area contributed by atoms with Crippen molar-refractivity contribution in [2.75, 3.05) is 4.90 Å². The highest BCUT2D eigenvalue weighted by atomic mass is 35.5. The Hall–Kier alpha value is -3.78. The number of halogens is 1. The van der Waals surface area contributed by atoms with Crippen LogP contribution in [-0.4, -0.2) is 22.8 Å². The van der Waals surface area contributed by atoms with Gasteiger partial charge in [-0.15, -0.1) is 0 Å². The lowest BCUT2D eigenvalue weighted by Crippen LogP contribution is -2.54. The summed E-state index contributed by atoms with van der Waals surface area (Å²) in [5.41, 5.74) is 0.436. The van der Waals surface area contributed by atoms with Crippen LogP contribution < -0.4 is 10.2 Å². The number of hydrogen-bond acceptors (Lipinski definition) is 5. The van der Waals surface area contributed by atoms with Crippen molar-refractivity contribution in [1.82, 2.24) is 5.32 Å². The molecule has 0 spiro atoms. The minimum absolute atomic E-state index is 0.0826. The highest BCUT2D eigenvalue weighted by Crippen LogP contribution is 2.22. The molecule has 1 fully saturated rings. The van der Waals surface area contributed by atoms with E-state index in [1.54, 1.807) is 6.07 Å². The molecule has 0 aliphatic carbocycles. The summed E-state index contributed by atoms with van der Waals surface area (Å²) in [4.78, 5) is 47.9. The number of nitrogens with zero attached hydrogens (tertiary/aromatic N) is 2. The van der Waals surface area contributed by atoms with Crippen LogP contribution in [0.1, 0.15) is 5.56 Å². The molecule has 9 heteroatoms. The van der Waals surface area contributed by atoms with E-state index >= 15 is 0 Å². The number of rotatable bonds is 4. The van der Waals surface area contributed by atoms with Crippen molar-refractivity contribution in [1.29, 1.82) is 0 Å². The molecule has 0 bridgehead atoms. The molecule has 1 saturated heterocycles. The summed E-state index contributed by atoms with van der Waals surface area (Å²) in [6.45, 7) is 0. The van der Waals surface area contributed by atoms with Gasteiger partial charge < -0.3 is 0 Å². The average Bonchev–Trinajstić information content (AvgIpc) is 2.66. The highest BCUT2D eigenvalue weighted by Gasteiger charge is 2.36. The van der Waals surface area contributed by atoms with Gasteiger partial charge in [-0.25, -0.2) is 9.69 Å². The van der Waals surface area contributed by atoms with E-state index in [1.807, 2.05) is 0 Å². The molecular weight excluding hydrogens is 386 g/mol. The SMILES string of the molecule is O=C1NC(=O)N(c2ccc(Cl)cc2)C(=O)C1=CC=Cc1cccc([N+](=O)[O-])c1. The van der Waals surface area contributed by atoms with Gasteiger partial charge >= 0.3 is 6.03 Å². The Labute approximate surface area is 163 Å². The fraction of sp³-hybridized carbons (Fsp3) is 0. The van der Waals surface area contributed by atoms with Gasteiger partial charge in [0.05, 0.1) is 10.6 Å². The zero-order chi connectivity index (χ0) is 20.3. The second-order valence-corrected chi connectivity index (χ2v) is 6.10. The number of nitro benzene ring substituents is 1. The van der Waals surface area contributed by atoms with Gasteiger partial charge in [-0.2, -0.15) is 0 Å². The number of hydrogen-bond donors (Lipinski definition) is 1. The second kappa shape index (κ2) is 7.85. The molecule has 140 valence electrons. The van der Waals surface area contributed by atoms with Crippen LogP contribution in [0.2, 0.25) is 5.02 Å². The first kappa shape index (κ1) is 19.0. The quantitative estimate of drug-likeness (QED) is 0.367. The Morgan fingerprint density at radius 2 is 1.79 bits per heavy atom. The summed E-state index contributed by atoms with van der Waals surface area (Å²) < 4.78 is 0. The highest BCUT2D eigenvalue weighted by molar-refractivity contribution is 6.37. The number of anilines is 1. The van der Waals surface area contributed by atoms with E-state index in [2.05, 4.69) is 5.32 Å². The summed E-state index contributed by atoms with van der Waals surface area (Å²) in [7, 11) is 0. The normalized spacial score (nSPS) is 16.0. The number of non-ortho nitro benzene ring substituents is 1. The molecule has 0 atom stereocenters. The standard InChI is InChI=1S/C19H12ClN3O5/c20-13-7-9-14(10-8-13)22-18(25)16(17(24)21-19(22)26)6-2-4-12-3-1-5-15(11-12)23(27)28/h1-11H,(H,21,24,26). The predicted molar refractivity (Wildman–Crippen MR) is 103 cm³/mol. The first-order valence-corrected chi connectivity index (χ1v) is 8.33. The smallest absolute Gasteiger partial charge is 0.273 e. The molecule has 4 amide bonds. The summed E-state index contributed by atoms with van der Waals surface area (Å²) in [5.74, 6) is -1.62. The molecule has 0 radical (unpaired) electrons. The van der Waals surface area contributed by atoms with Crippen LogP contribution in [0.4, 0.5) is 16.2 Å². The number of amides is 4. The molecule has 1 aliphatic heterocycles. The number of nitrogens with one attached hydrogen (secondary N) is 1. The molecule has 2 aromatic carbocycles. The van der Waals surface area contributed by atoms with E-state index in [1.165, 1.54) is 60.7 Å². The van der Waals surface area contributed by atoms with Crippen LogP contribution >= 0.6 is 11.6 Å². The molecule has 3 rings (SSSR count). The van der Waals surface area contributed by atoms with Crippen molar-refractivity contribution in [3.63, 3.8) is 0 Å². The maximum atomic E-state index is 12.6. The number of barbiturate groups is 1. The van der Waals surface area contributed by atoms with Gasteiger partial charge in [-0.05, 0) is 35.9 Å². The zero-order valence-electron chi connectivity index (χ0n) is 14.2. The molecule has 0 unspecified atom stereocenters. The Kier molecular flexibility index (Phi) is 5.32. The first-order valence-electron chi connectivity index (χ1n) is 7.95. The minimum atomic E-state index is -0.864. The Morgan fingerprint density at radius 1 is 1.07 bits per heavy atom. The largest absolute Gasteiger partial charge is 0.335 e. The number of nitro groups is 1. The van der Waals surface area contributed by atoms with Crippen LogP contribution in [0.25, 0.3) is 6.08 Å². The summed E-state index contributed by atoms with van der Waals surface area (Å²) >= 11 is 5.81. The first-order chi connectivity index (χ1) is 13.4. The van der Waals surface area contributed by atoms with Crippen LogP contribution in [-0.2, 0) is 9.59 Å². The van der Waals surface area contributed by atoms with Crippen LogP contribution in [0, 0.1) is 10.1 Å². The molecule has 2 aromatic rings.